The Bertz CT molecular complexity index is 620. The Morgan fingerprint density at radius 3 is 2.83 bits per heavy atom. The second-order valence-electron chi connectivity index (χ2n) is 4.53. The summed E-state index contributed by atoms with van der Waals surface area (Å²) in [6, 6.07) is 12.3. The van der Waals surface area contributed by atoms with Crippen LogP contribution in [0.1, 0.15) is 30.1 Å². The number of benzene rings is 1. The monoisotopic (exact) mass is 301 g/mol. The Morgan fingerprint density at radius 1 is 1.39 bits per heavy atom. The minimum absolute atomic E-state index is 0.372. The summed E-state index contributed by atoms with van der Waals surface area (Å²) in [6.07, 6.45) is 2.82. The normalized spacial score (nSPS) is 14.4. The van der Waals surface area contributed by atoms with Crippen LogP contribution in [0.3, 0.4) is 0 Å². The van der Waals surface area contributed by atoms with Gasteiger partial charge in [0.2, 0.25) is 0 Å². The third kappa shape index (κ3) is 2.06. The SMILES string of the molecule is N#CCc1cc(C2CC2)n(-c2ccccc2Br)n1. The standard InChI is InChI=1S/C14H12BrN3/c15-12-3-1-2-4-13(12)18-14(10-5-6-10)9-11(17-18)7-8-16/h1-4,9-10H,5-7H2. The van der Waals surface area contributed by atoms with Crippen molar-refractivity contribution in [2.45, 2.75) is 25.2 Å². The molecule has 0 unspecified atom stereocenters. The molecule has 1 aliphatic carbocycles. The van der Waals surface area contributed by atoms with E-state index in [4.69, 9.17) is 5.26 Å². The molecule has 1 saturated carbocycles. The fourth-order valence-electron chi connectivity index (χ4n) is 2.10. The smallest absolute Gasteiger partial charge is 0.0793 e. The maximum atomic E-state index is 8.79. The van der Waals surface area contributed by atoms with Gasteiger partial charge in [0.25, 0.3) is 0 Å². The van der Waals surface area contributed by atoms with Crippen LogP contribution < -0.4 is 0 Å². The number of aromatic nitrogens is 2. The molecule has 0 N–H and O–H groups in total. The van der Waals surface area contributed by atoms with Gasteiger partial charge in [0.15, 0.2) is 0 Å². The quantitative estimate of drug-likeness (QED) is 0.869. The first kappa shape index (κ1) is 11.5. The van der Waals surface area contributed by atoms with Crippen LogP contribution in [0.25, 0.3) is 5.69 Å². The molecule has 2 aromatic rings. The van der Waals surface area contributed by atoms with Crippen molar-refractivity contribution in [1.29, 1.82) is 5.26 Å². The van der Waals surface area contributed by atoms with Crippen LogP contribution in [0.4, 0.5) is 0 Å². The number of hydrogen-bond acceptors (Lipinski definition) is 2. The maximum absolute atomic E-state index is 8.79. The molecule has 1 aromatic heterocycles. The summed E-state index contributed by atoms with van der Waals surface area (Å²) in [4.78, 5) is 0. The van der Waals surface area contributed by atoms with Gasteiger partial charge in [-0.3, -0.25) is 0 Å². The molecule has 0 bridgehead atoms. The van der Waals surface area contributed by atoms with Gasteiger partial charge in [0, 0.05) is 16.1 Å². The second-order valence-corrected chi connectivity index (χ2v) is 5.39. The van der Waals surface area contributed by atoms with E-state index in [9.17, 15) is 0 Å². The third-order valence-electron chi connectivity index (χ3n) is 3.12. The number of halogens is 1. The molecule has 0 amide bonds. The van der Waals surface area contributed by atoms with E-state index in [0.29, 0.717) is 12.3 Å². The van der Waals surface area contributed by atoms with Gasteiger partial charge in [-0.25, -0.2) is 4.68 Å². The molecule has 0 radical (unpaired) electrons. The molecule has 0 atom stereocenters. The van der Waals surface area contributed by atoms with Crippen molar-refractivity contribution in [2.24, 2.45) is 0 Å². The third-order valence-corrected chi connectivity index (χ3v) is 3.79. The lowest BCUT2D eigenvalue weighted by Gasteiger charge is -2.08. The van der Waals surface area contributed by atoms with Crippen molar-refractivity contribution in [1.82, 2.24) is 9.78 Å². The summed E-state index contributed by atoms with van der Waals surface area (Å²) in [5, 5.41) is 13.3. The highest BCUT2D eigenvalue weighted by Gasteiger charge is 2.28. The summed E-state index contributed by atoms with van der Waals surface area (Å²) in [5.41, 5.74) is 3.13. The number of nitriles is 1. The Kier molecular flexibility index (Phi) is 2.92. The van der Waals surface area contributed by atoms with E-state index in [1.54, 1.807) is 0 Å². The van der Waals surface area contributed by atoms with Gasteiger partial charge in [0.05, 0.1) is 23.9 Å². The largest absolute Gasteiger partial charge is 0.236 e. The molecule has 4 heteroatoms. The summed E-state index contributed by atoms with van der Waals surface area (Å²) in [5.74, 6) is 0.608. The van der Waals surface area contributed by atoms with Gasteiger partial charge in [-0.1, -0.05) is 12.1 Å². The van der Waals surface area contributed by atoms with Gasteiger partial charge in [-0.2, -0.15) is 10.4 Å². The minimum Gasteiger partial charge on any atom is -0.236 e. The van der Waals surface area contributed by atoms with E-state index in [0.717, 1.165) is 15.9 Å². The molecule has 1 heterocycles. The number of para-hydroxylation sites is 1. The van der Waals surface area contributed by atoms with Gasteiger partial charge in [-0.15, -0.1) is 0 Å². The predicted molar refractivity (Wildman–Crippen MR) is 72.6 cm³/mol. The lowest BCUT2D eigenvalue weighted by Crippen LogP contribution is -2.02. The van der Waals surface area contributed by atoms with Gasteiger partial charge in [-0.05, 0) is 47.0 Å². The van der Waals surface area contributed by atoms with E-state index < -0.39 is 0 Å². The molecule has 3 nitrogen and oxygen atoms in total. The van der Waals surface area contributed by atoms with Gasteiger partial charge < -0.3 is 0 Å². The Labute approximate surface area is 114 Å². The van der Waals surface area contributed by atoms with Crippen molar-refractivity contribution < 1.29 is 0 Å². The first-order valence-electron chi connectivity index (χ1n) is 6.00. The molecule has 0 saturated heterocycles. The van der Waals surface area contributed by atoms with Crippen LogP contribution in [-0.2, 0) is 6.42 Å². The summed E-state index contributed by atoms with van der Waals surface area (Å²) < 4.78 is 3.01. The van der Waals surface area contributed by atoms with Crippen LogP contribution >= 0.6 is 15.9 Å². The van der Waals surface area contributed by atoms with Crippen molar-refractivity contribution in [3.8, 4) is 11.8 Å². The Balaban J connectivity index is 2.10. The molecule has 1 aromatic carbocycles. The van der Waals surface area contributed by atoms with Crippen LogP contribution in [0.15, 0.2) is 34.8 Å². The predicted octanol–water partition coefficient (Wildman–Crippen LogP) is 3.58. The molecule has 90 valence electrons. The fourth-order valence-corrected chi connectivity index (χ4v) is 2.55. The summed E-state index contributed by atoms with van der Waals surface area (Å²) >= 11 is 3.56. The van der Waals surface area contributed by atoms with Crippen molar-refractivity contribution in [3.05, 3.63) is 46.2 Å². The van der Waals surface area contributed by atoms with E-state index in [2.05, 4.69) is 33.2 Å². The maximum Gasteiger partial charge on any atom is 0.0793 e. The lowest BCUT2D eigenvalue weighted by molar-refractivity contribution is 0.792. The number of rotatable bonds is 3. The average molecular weight is 302 g/mol. The van der Waals surface area contributed by atoms with E-state index in [1.807, 2.05) is 28.9 Å². The minimum atomic E-state index is 0.372. The lowest BCUT2D eigenvalue weighted by atomic mass is 10.2. The molecule has 0 aliphatic heterocycles. The van der Waals surface area contributed by atoms with Crippen LogP contribution in [0, 0.1) is 11.3 Å². The summed E-state index contributed by atoms with van der Waals surface area (Å²) in [6.45, 7) is 0. The van der Waals surface area contributed by atoms with Gasteiger partial charge >= 0.3 is 0 Å². The Hall–Kier alpha value is -1.60. The zero-order valence-electron chi connectivity index (χ0n) is 9.81. The highest BCUT2D eigenvalue weighted by molar-refractivity contribution is 9.10. The zero-order valence-corrected chi connectivity index (χ0v) is 11.4. The van der Waals surface area contributed by atoms with Crippen molar-refractivity contribution in [2.75, 3.05) is 0 Å². The molecule has 1 fully saturated rings. The topological polar surface area (TPSA) is 41.6 Å². The molecule has 0 spiro atoms. The zero-order chi connectivity index (χ0) is 12.5. The highest BCUT2D eigenvalue weighted by Crippen LogP contribution is 2.41. The molecule has 3 rings (SSSR count). The fraction of sp³-hybridized carbons (Fsp3) is 0.286. The van der Waals surface area contributed by atoms with Crippen molar-refractivity contribution >= 4 is 15.9 Å². The van der Waals surface area contributed by atoms with Crippen LogP contribution in [0.2, 0.25) is 0 Å². The number of nitrogens with zero attached hydrogens (tertiary/aromatic N) is 3. The van der Waals surface area contributed by atoms with E-state index in [-0.39, 0.29) is 0 Å². The molecule has 18 heavy (non-hydrogen) atoms. The summed E-state index contributed by atoms with van der Waals surface area (Å²) in [7, 11) is 0. The number of hydrogen-bond donors (Lipinski definition) is 0. The molecular weight excluding hydrogens is 290 g/mol. The first-order chi connectivity index (χ1) is 8.79. The van der Waals surface area contributed by atoms with E-state index >= 15 is 0 Å². The van der Waals surface area contributed by atoms with E-state index in [1.165, 1.54) is 18.5 Å². The Morgan fingerprint density at radius 2 is 2.17 bits per heavy atom. The van der Waals surface area contributed by atoms with Crippen LogP contribution in [0.5, 0.6) is 0 Å². The molecule has 1 aliphatic rings. The van der Waals surface area contributed by atoms with Crippen LogP contribution in [-0.4, -0.2) is 9.78 Å². The highest BCUT2D eigenvalue weighted by atomic mass is 79.9. The second kappa shape index (κ2) is 4.58. The molecular formula is C14H12BrN3. The van der Waals surface area contributed by atoms with Gasteiger partial charge in [0.1, 0.15) is 0 Å². The van der Waals surface area contributed by atoms with Crippen molar-refractivity contribution in [3.63, 3.8) is 0 Å². The average Bonchev–Trinajstić information content (AvgIpc) is 3.13. The first-order valence-corrected chi connectivity index (χ1v) is 6.79.